The number of hydrogen-bond acceptors (Lipinski definition) is 9. The first-order valence-electron chi connectivity index (χ1n) is 36.2. The summed E-state index contributed by atoms with van der Waals surface area (Å²) >= 11 is 0. The molecule has 0 spiro atoms. The maximum atomic E-state index is 5.20. The van der Waals surface area contributed by atoms with E-state index < -0.39 is 0 Å². The molecule has 107 heavy (non-hydrogen) atoms. The minimum absolute atomic E-state index is 0.124. The molecule has 0 saturated carbocycles. The van der Waals surface area contributed by atoms with Crippen molar-refractivity contribution in [2.45, 2.75) is 47.0 Å². The zero-order chi connectivity index (χ0) is 72.5. The Morgan fingerprint density at radius 3 is 0.963 bits per heavy atom. The lowest BCUT2D eigenvalue weighted by atomic mass is 9.88. The fourth-order valence-electron chi connectivity index (χ4n) is 14.0. The summed E-state index contributed by atoms with van der Waals surface area (Å²) in [6, 6.07) is 116. The van der Waals surface area contributed by atoms with Gasteiger partial charge in [0.2, 0.25) is 0 Å². The molecule has 510 valence electrons. The summed E-state index contributed by atoms with van der Waals surface area (Å²) in [5.41, 5.74) is 29.0. The third kappa shape index (κ3) is 14.0. The van der Waals surface area contributed by atoms with Crippen LogP contribution in [0.3, 0.4) is 0 Å². The van der Waals surface area contributed by atoms with Crippen molar-refractivity contribution in [1.29, 1.82) is 0 Å². The zero-order valence-corrected chi connectivity index (χ0v) is 60.3. The van der Waals surface area contributed by atoms with E-state index in [2.05, 4.69) is 300 Å². The molecule has 0 unspecified atom stereocenters. The van der Waals surface area contributed by atoms with Crippen molar-refractivity contribution < 1.29 is 0 Å². The van der Waals surface area contributed by atoms with Gasteiger partial charge in [-0.25, -0.2) is 29.9 Å². The molecular weight excluding hydrogens is 1300 g/mol. The minimum atomic E-state index is -0.124. The van der Waals surface area contributed by atoms with Gasteiger partial charge in [0.1, 0.15) is 0 Å². The van der Waals surface area contributed by atoms with Gasteiger partial charge in [0.25, 0.3) is 0 Å². The Morgan fingerprint density at radius 1 is 0.196 bits per heavy atom. The van der Waals surface area contributed by atoms with Crippen LogP contribution in [0.5, 0.6) is 0 Å². The lowest BCUT2D eigenvalue weighted by Crippen LogP contribution is -2.14. The molecule has 0 radical (unpaired) electrons. The summed E-state index contributed by atoms with van der Waals surface area (Å²) in [5, 5.41) is 4.40. The van der Waals surface area contributed by atoms with Gasteiger partial charge in [-0.15, -0.1) is 0 Å². The first-order valence-corrected chi connectivity index (χ1v) is 36.2. The van der Waals surface area contributed by atoms with Crippen molar-refractivity contribution in [2.75, 3.05) is 0 Å². The maximum absolute atomic E-state index is 5.20. The summed E-state index contributed by atoms with van der Waals surface area (Å²) in [6.07, 6.45) is 0. The predicted molar refractivity (Wildman–Crippen MR) is 441 cm³/mol. The largest absolute Gasteiger partial charge is 0.251 e. The Balaban J connectivity index is 0.000000157. The highest BCUT2D eigenvalue weighted by atomic mass is 15.0. The zero-order valence-electron chi connectivity index (χ0n) is 60.3. The average Bonchev–Trinajstić information content (AvgIpc) is 0.758. The van der Waals surface area contributed by atoms with Crippen molar-refractivity contribution in [2.24, 2.45) is 0 Å². The van der Waals surface area contributed by atoms with Gasteiger partial charge in [-0.05, 0) is 130 Å². The second-order valence-corrected chi connectivity index (χ2v) is 28.3. The standard InChI is InChI=1S/C51H40N4.C47H33N5/c1-33-18-19-40-28-29-43-44(31-47(51(2,3)4)55-49(43)48(40)52-33)37-24-20-36(21-25-37)41-16-11-17-42(30-41)50-53-45(38-14-9-6-10-15-38)32-46(54-50)39-26-22-35(23-27-39)34-12-7-5-8-13-34;1-30-16-17-36-26-27-41-42(28-31(2)49-44(41)43(36)48-30)35-22-18-34(19-23-35)39-14-9-15-40(29-39)47-51-45(37-12-7-4-8-13-37)50-46(52-47)38-24-20-33(21-25-38)32-10-5-3-6-11-32/h5-32H,1-4H3;3-29H,1-2H3. The molecule has 0 N–H and O–H groups in total. The van der Waals surface area contributed by atoms with Gasteiger partial charge >= 0.3 is 0 Å². The highest BCUT2D eigenvalue weighted by Crippen LogP contribution is 2.40. The van der Waals surface area contributed by atoms with E-state index in [9.17, 15) is 0 Å². The van der Waals surface area contributed by atoms with Crippen molar-refractivity contribution >= 4 is 43.6 Å². The van der Waals surface area contributed by atoms with Crippen molar-refractivity contribution in [3.63, 3.8) is 0 Å². The lowest BCUT2D eigenvalue weighted by Gasteiger charge is -2.21. The smallest absolute Gasteiger partial charge is 0.164 e. The molecule has 0 bridgehead atoms. The van der Waals surface area contributed by atoms with Crippen LogP contribution in [-0.2, 0) is 5.41 Å². The molecule has 0 fully saturated rings. The molecule has 18 aromatic rings. The van der Waals surface area contributed by atoms with E-state index in [0.717, 1.165) is 161 Å². The van der Waals surface area contributed by atoms with E-state index in [-0.39, 0.29) is 5.41 Å². The van der Waals surface area contributed by atoms with Crippen molar-refractivity contribution in [1.82, 2.24) is 44.9 Å². The number of aryl methyl sites for hydroxylation is 3. The topological polar surface area (TPSA) is 116 Å². The molecule has 0 aliphatic heterocycles. The molecule has 0 aliphatic rings. The van der Waals surface area contributed by atoms with Crippen LogP contribution in [0.15, 0.2) is 334 Å². The number of pyridine rings is 4. The fourth-order valence-corrected chi connectivity index (χ4v) is 14.0. The quantitative estimate of drug-likeness (QED) is 0.110. The number of fused-ring (bicyclic) bond motifs is 6. The van der Waals surface area contributed by atoms with Crippen LogP contribution < -0.4 is 0 Å². The molecule has 0 saturated heterocycles. The van der Waals surface area contributed by atoms with Crippen LogP contribution in [0.25, 0.3) is 178 Å². The monoisotopic (exact) mass is 1380 g/mol. The number of nitrogens with zero attached hydrogens (tertiary/aromatic N) is 9. The Morgan fingerprint density at radius 2 is 0.505 bits per heavy atom. The summed E-state index contributed by atoms with van der Waals surface area (Å²) in [7, 11) is 0. The molecular formula is C98H73N9. The Labute approximate surface area is 622 Å². The third-order valence-corrected chi connectivity index (χ3v) is 19.8. The highest BCUT2D eigenvalue weighted by Gasteiger charge is 2.22. The van der Waals surface area contributed by atoms with E-state index in [1.165, 1.54) is 16.7 Å². The molecule has 0 amide bonds. The normalized spacial score (nSPS) is 11.5. The van der Waals surface area contributed by atoms with Crippen LogP contribution >= 0.6 is 0 Å². The number of rotatable bonds is 12. The van der Waals surface area contributed by atoms with Gasteiger partial charge in [-0.1, -0.05) is 312 Å². The highest BCUT2D eigenvalue weighted by molar-refractivity contribution is 6.10. The van der Waals surface area contributed by atoms with Gasteiger partial charge < -0.3 is 0 Å². The van der Waals surface area contributed by atoms with Crippen LogP contribution in [0.1, 0.15) is 43.5 Å². The second-order valence-electron chi connectivity index (χ2n) is 28.3. The Bertz CT molecular complexity index is 6320. The van der Waals surface area contributed by atoms with Crippen LogP contribution in [0.4, 0.5) is 0 Å². The van der Waals surface area contributed by atoms with Gasteiger partial charge in [-0.3, -0.25) is 15.0 Å². The van der Waals surface area contributed by atoms with Crippen molar-refractivity contribution in [3.05, 3.63) is 356 Å². The molecule has 9 heteroatoms. The summed E-state index contributed by atoms with van der Waals surface area (Å²) in [6.45, 7) is 12.8. The second kappa shape index (κ2) is 28.5. The summed E-state index contributed by atoms with van der Waals surface area (Å²) in [5.74, 6) is 2.59. The van der Waals surface area contributed by atoms with E-state index >= 15 is 0 Å². The molecule has 0 atom stereocenters. The lowest BCUT2D eigenvalue weighted by molar-refractivity contribution is 0.572. The van der Waals surface area contributed by atoms with Gasteiger partial charge in [0.05, 0.1) is 33.5 Å². The third-order valence-electron chi connectivity index (χ3n) is 19.8. The summed E-state index contributed by atoms with van der Waals surface area (Å²) in [4.78, 5) is 45.1. The van der Waals surface area contributed by atoms with E-state index in [4.69, 9.17) is 44.9 Å². The Hall–Kier alpha value is -13.6. The first-order chi connectivity index (χ1) is 52.3. The summed E-state index contributed by atoms with van der Waals surface area (Å²) < 4.78 is 0. The van der Waals surface area contributed by atoms with E-state index in [1.54, 1.807) is 0 Å². The van der Waals surface area contributed by atoms with Crippen molar-refractivity contribution in [3.8, 4) is 135 Å². The molecule has 18 rings (SSSR count). The first kappa shape index (κ1) is 66.6. The fraction of sp³-hybridized carbons (Fsp3) is 0.0714. The number of hydrogen-bond donors (Lipinski definition) is 0. The van der Waals surface area contributed by atoms with Gasteiger partial charge in [0.15, 0.2) is 23.3 Å². The molecule has 6 heterocycles. The number of aromatic nitrogens is 9. The van der Waals surface area contributed by atoms with Crippen LogP contribution in [-0.4, -0.2) is 44.9 Å². The molecule has 0 aliphatic carbocycles. The van der Waals surface area contributed by atoms with Crippen LogP contribution in [0.2, 0.25) is 0 Å². The molecule has 6 aromatic heterocycles. The molecule has 9 nitrogen and oxygen atoms in total. The SMILES string of the molecule is Cc1ccc2ccc3c(-c4ccc(-c5cccc(-c6nc(-c7ccccc7)cc(-c7ccc(-c8ccccc8)cc7)n6)c5)cc4)cc(C(C)(C)C)nc3c2n1.Cc1ccc2ccc3c(-c4ccc(-c5cccc(-c6nc(-c7ccccc7)nc(-c7ccc(-c8ccccc8)cc7)n6)c5)cc4)cc(C)nc3c2n1. The van der Waals surface area contributed by atoms with Crippen LogP contribution in [0, 0.1) is 20.8 Å². The predicted octanol–water partition coefficient (Wildman–Crippen LogP) is 24.8. The van der Waals surface area contributed by atoms with E-state index in [0.29, 0.717) is 23.3 Å². The van der Waals surface area contributed by atoms with E-state index in [1.807, 2.05) is 75.4 Å². The molecule has 12 aromatic carbocycles. The minimum Gasteiger partial charge on any atom is -0.251 e. The maximum Gasteiger partial charge on any atom is 0.164 e. The Kier molecular flexibility index (Phi) is 17.8. The number of benzene rings is 12. The van der Waals surface area contributed by atoms with Gasteiger partial charge in [0, 0.05) is 83.1 Å². The van der Waals surface area contributed by atoms with Gasteiger partial charge in [-0.2, -0.15) is 0 Å². The average molecular weight is 1380 g/mol.